The van der Waals surface area contributed by atoms with Gasteiger partial charge in [0.25, 0.3) is 5.91 Å². The van der Waals surface area contributed by atoms with Crippen LogP contribution in [-0.4, -0.2) is 35.6 Å². The number of aromatic nitrogens is 2. The molecule has 3 rings (SSSR count). The third-order valence-electron chi connectivity index (χ3n) is 5.03. The fraction of sp³-hybridized carbons (Fsp3) is 0.476. The third kappa shape index (κ3) is 5.18. The Kier molecular flexibility index (Phi) is 5.94. The second kappa shape index (κ2) is 8.37. The average molecular weight is 368 g/mol. The molecule has 0 unspecified atom stereocenters. The van der Waals surface area contributed by atoms with E-state index in [1.165, 1.54) is 5.56 Å². The second-order valence-corrected chi connectivity index (χ2v) is 7.45. The van der Waals surface area contributed by atoms with Crippen LogP contribution in [0, 0.1) is 26.7 Å². The minimum atomic E-state index is -0.206. The number of carbonyl (C=O) groups excluding carboxylic acids is 1. The lowest BCUT2D eigenvalue weighted by molar-refractivity contribution is -0.118. The predicted octanol–water partition coefficient (Wildman–Crippen LogP) is 3.66. The molecule has 1 N–H and O–H groups in total. The van der Waals surface area contributed by atoms with Gasteiger partial charge in [-0.2, -0.15) is 4.98 Å². The van der Waals surface area contributed by atoms with Crippen LogP contribution in [0.25, 0.3) is 0 Å². The number of benzene rings is 1. The van der Waals surface area contributed by atoms with Gasteiger partial charge in [0.15, 0.2) is 6.61 Å². The van der Waals surface area contributed by atoms with Crippen LogP contribution in [-0.2, 0) is 4.79 Å². The number of hydrogen-bond acceptors (Lipinski definition) is 5. The van der Waals surface area contributed by atoms with Crippen molar-refractivity contribution in [3.63, 3.8) is 0 Å². The molecule has 0 atom stereocenters. The first kappa shape index (κ1) is 19.1. The summed E-state index contributed by atoms with van der Waals surface area (Å²) >= 11 is 0. The average Bonchev–Trinajstić information content (AvgIpc) is 2.63. The Hall–Kier alpha value is -2.63. The Labute approximate surface area is 161 Å². The number of carbonyl (C=O) groups is 1. The van der Waals surface area contributed by atoms with Gasteiger partial charge < -0.3 is 15.0 Å². The highest BCUT2D eigenvalue weighted by molar-refractivity contribution is 5.92. The smallest absolute Gasteiger partial charge is 0.262 e. The molecule has 1 aliphatic heterocycles. The van der Waals surface area contributed by atoms with Crippen molar-refractivity contribution < 1.29 is 9.53 Å². The highest BCUT2D eigenvalue weighted by Gasteiger charge is 2.19. The van der Waals surface area contributed by atoms with Crippen LogP contribution in [0.3, 0.4) is 0 Å². The summed E-state index contributed by atoms with van der Waals surface area (Å²) in [7, 11) is 0. The topological polar surface area (TPSA) is 67.3 Å². The number of anilines is 2. The molecule has 1 aliphatic rings. The highest BCUT2D eigenvalue weighted by Crippen LogP contribution is 2.22. The van der Waals surface area contributed by atoms with Gasteiger partial charge in [-0.25, -0.2) is 4.98 Å². The number of hydrogen-bond donors (Lipinski definition) is 1. The fourth-order valence-corrected chi connectivity index (χ4v) is 3.10. The summed E-state index contributed by atoms with van der Waals surface area (Å²) < 4.78 is 5.64. The summed E-state index contributed by atoms with van der Waals surface area (Å²) in [4.78, 5) is 23.4. The number of piperidine rings is 1. The van der Waals surface area contributed by atoms with Gasteiger partial charge in [-0.3, -0.25) is 4.79 Å². The Bertz CT molecular complexity index is 814. The van der Waals surface area contributed by atoms with Crippen molar-refractivity contribution in [3.8, 4) is 5.88 Å². The van der Waals surface area contributed by atoms with Gasteiger partial charge in [-0.15, -0.1) is 0 Å². The van der Waals surface area contributed by atoms with E-state index in [1.807, 2.05) is 39.0 Å². The molecule has 0 radical (unpaired) electrons. The number of aryl methyl sites for hydroxylation is 3. The van der Waals surface area contributed by atoms with E-state index < -0.39 is 0 Å². The molecule has 2 aromatic rings. The minimum absolute atomic E-state index is 0.0835. The van der Waals surface area contributed by atoms with E-state index in [1.54, 1.807) is 6.07 Å². The molecule has 6 heteroatoms. The van der Waals surface area contributed by atoms with Gasteiger partial charge in [0.05, 0.1) is 0 Å². The summed E-state index contributed by atoms with van der Waals surface area (Å²) in [6, 6.07) is 7.60. The van der Waals surface area contributed by atoms with Crippen molar-refractivity contribution in [2.45, 2.75) is 40.5 Å². The Morgan fingerprint density at radius 1 is 1.15 bits per heavy atom. The molecule has 2 heterocycles. The van der Waals surface area contributed by atoms with E-state index in [4.69, 9.17) is 4.74 Å². The monoisotopic (exact) mass is 368 g/mol. The number of ether oxygens (including phenoxy) is 1. The van der Waals surface area contributed by atoms with E-state index in [0.29, 0.717) is 11.8 Å². The van der Waals surface area contributed by atoms with Crippen LogP contribution >= 0.6 is 0 Å². The van der Waals surface area contributed by atoms with Crippen LogP contribution in [0.2, 0.25) is 0 Å². The van der Waals surface area contributed by atoms with Crippen molar-refractivity contribution >= 4 is 17.5 Å². The number of nitrogens with one attached hydrogen (secondary N) is 1. The minimum Gasteiger partial charge on any atom is -0.467 e. The molecule has 1 amide bonds. The second-order valence-electron chi connectivity index (χ2n) is 7.45. The maximum Gasteiger partial charge on any atom is 0.262 e. The SMILES string of the molecule is Cc1cc(OCC(=O)Nc2ccc(C)c(C)c2)nc(N2CCC(C)CC2)n1. The van der Waals surface area contributed by atoms with E-state index in [0.717, 1.165) is 48.8 Å². The summed E-state index contributed by atoms with van der Waals surface area (Å²) in [6.07, 6.45) is 2.29. The fourth-order valence-electron chi connectivity index (χ4n) is 3.10. The lowest BCUT2D eigenvalue weighted by Crippen LogP contribution is -2.34. The molecular formula is C21H28N4O2. The zero-order valence-corrected chi connectivity index (χ0v) is 16.6. The third-order valence-corrected chi connectivity index (χ3v) is 5.03. The molecular weight excluding hydrogens is 340 g/mol. The van der Waals surface area contributed by atoms with Gasteiger partial charge >= 0.3 is 0 Å². The van der Waals surface area contributed by atoms with Crippen molar-refractivity contribution in [2.75, 3.05) is 29.9 Å². The maximum atomic E-state index is 12.2. The summed E-state index contributed by atoms with van der Waals surface area (Å²) in [5.41, 5.74) is 3.94. The van der Waals surface area contributed by atoms with Crippen molar-refractivity contribution in [1.82, 2.24) is 9.97 Å². The van der Waals surface area contributed by atoms with Gasteiger partial charge in [0, 0.05) is 30.5 Å². The van der Waals surface area contributed by atoms with E-state index in [2.05, 4.69) is 27.1 Å². The maximum absolute atomic E-state index is 12.2. The molecule has 1 aromatic carbocycles. The normalized spacial score (nSPS) is 14.9. The lowest BCUT2D eigenvalue weighted by Gasteiger charge is -2.30. The van der Waals surface area contributed by atoms with Crippen LogP contribution in [0.5, 0.6) is 5.88 Å². The molecule has 1 aromatic heterocycles. The molecule has 1 fully saturated rings. The van der Waals surface area contributed by atoms with Crippen LogP contribution in [0.1, 0.15) is 36.6 Å². The molecule has 6 nitrogen and oxygen atoms in total. The van der Waals surface area contributed by atoms with Gasteiger partial charge in [-0.1, -0.05) is 13.0 Å². The van der Waals surface area contributed by atoms with Crippen molar-refractivity contribution in [1.29, 1.82) is 0 Å². The number of amides is 1. The molecule has 1 saturated heterocycles. The predicted molar refractivity (Wildman–Crippen MR) is 107 cm³/mol. The van der Waals surface area contributed by atoms with Crippen LogP contribution < -0.4 is 15.0 Å². The summed E-state index contributed by atoms with van der Waals surface area (Å²) in [5.74, 6) is 1.66. The van der Waals surface area contributed by atoms with E-state index >= 15 is 0 Å². The van der Waals surface area contributed by atoms with E-state index in [-0.39, 0.29) is 12.5 Å². The molecule has 27 heavy (non-hydrogen) atoms. The Morgan fingerprint density at radius 2 is 1.89 bits per heavy atom. The van der Waals surface area contributed by atoms with Crippen molar-refractivity contribution in [3.05, 3.63) is 41.1 Å². The van der Waals surface area contributed by atoms with Crippen LogP contribution in [0.15, 0.2) is 24.3 Å². The van der Waals surface area contributed by atoms with Gasteiger partial charge in [0.2, 0.25) is 11.8 Å². The quantitative estimate of drug-likeness (QED) is 0.872. The molecule has 0 saturated carbocycles. The van der Waals surface area contributed by atoms with E-state index in [9.17, 15) is 4.79 Å². The molecule has 0 bridgehead atoms. The summed E-state index contributed by atoms with van der Waals surface area (Å²) in [6.45, 7) is 10.1. The summed E-state index contributed by atoms with van der Waals surface area (Å²) in [5, 5.41) is 2.86. The zero-order valence-electron chi connectivity index (χ0n) is 16.6. The Morgan fingerprint density at radius 3 is 2.59 bits per heavy atom. The largest absolute Gasteiger partial charge is 0.467 e. The molecule has 0 spiro atoms. The number of nitrogens with zero attached hydrogens (tertiary/aromatic N) is 3. The standard InChI is InChI=1S/C21H28N4O2/c1-14-7-9-25(10-8-14)21-22-17(4)12-20(24-21)27-13-19(26)23-18-6-5-15(2)16(3)11-18/h5-6,11-12,14H,7-10,13H2,1-4H3,(H,23,26). The lowest BCUT2D eigenvalue weighted by atomic mass is 10.00. The first-order valence-electron chi connectivity index (χ1n) is 9.51. The number of rotatable bonds is 5. The zero-order chi connectivity index (χ0) is 19.4. The Balaban J connectivity index is 1.60. The van der Waals surface area contributed by atoms with Gasteiger partial charge in [0.1, 0.15) is 0 Å². The van der Waals surface area contributed by atoms with Gasteiger partial charge in [-0.05, 0) is 62.8 Å². The van der Waals surface area contributed by atoms with Crippen LogP contribution in [0.4, 0.5) is 11.6 Å². The first-order chi connectivity index (χ1) is 12.9. The molecule has 144 valence electrons. The first-order valence-corrected chi connectivity index (χ1v) is 9.51. The van der Waals surface area contributed by atoms with Crippen molar-refractivity contribution in [2.24, 2.45) is 5.92 Å². The molecule has 0 aliphatic carbocycles. The highest BCUT2D eigenvalue weighted by atomic mass is 16.5.